The SMILES string of the molecule is COC(=O)C1CCN(C(=O)CC(C)Nc2cc(C)cc(C)c2)CC1. The number of hydrogen-bond acceptors (Lipinski definition) is 4. The zero-order valence-corrected chi connectivity index (χ0v) is 15.1. The van der Waals surface area contributed by atoms with Crippen LogP contribution in [0.15, 0.2) is 18.2 Å². The number of nitrogens with zero attached hydrogens (tertiary/aromatic N) is 1. The molecule has 1 aromatic rings. The lowest BCUT2D eigenvalue weighted by Gasteiger charge is -2.31. The molecule has 1 unspecified atom stereocenters. The second-order valence-electron chi connectivity index (χ2n) is 6.80. The molecule has 1 fully saturated rings. The lowest BCUT2D eigenvalue weighted by Crippen LogP contribution is -2.42. The summed E-state index contributed by atoms with van der Waals surface area (Å²) in [5.41, 5.74) is 3.47. The summed E-state index contributed by atoms with van der Waals surface area (Å²) in [7, 11) is 1.42. The number of carbonyl (C=O) groups excluding carboxylic acids is 2. The largest absolute Gasteiger partial charge is 0.469 e. The van der Waals surface area contributed by atoms with Gasteiger partial charge in [0.15, 0.2) is 0 Å². The number of nitrogens with one attached hydrogen (secondary N) is 1. The molecular formula is C19H28N2O3. The van der Waals surface area contributed by atoms with E-state index in [4.69, 9.17) is 4.74 Å². The minimum atomic E-state index is -0.160. The Bertz CT molecular complexity index is 572. The van der Waals surface area contributed by atoms with Gasteiger partial charge in [0.25, 0.3) is 0 Å². The smallest absolute Gasteiger partial charge is 0.308 e. The Hall–Kier alpha value is -2.04. The number of carbonyl (C=O) groups is 2. The van der Waals surface area contributed by atoms with Gasteiger partial charge in [0, 0.05) is 31.2 Å². The molecule has 1 aliphatic heterocycles. The van der Waals surface area contributed by atoms with Gasteiger partial charge >= 0.3 is 5.97 Å². The van der Waals surface area contributed by atoms with Gasteiger partial charge in [-0.25, -0.2) is 0 Å². The zero-order valence-electron chi connectivity index (χ0n) is 15.1. The fraction of sp³-hybridized carbons (Fsp3) is 0.579. The van der Waals surface area contributed by atoms with Crippen molar-refractivity contribution in [2.24, 2.45) is 5.92 Å². The minimum absolute atomic E-state index is 0.0649. The molecule has 1 aromatic carbocycles. The lowest BCUT2D eigenvalue weighted by molar-refractivity contribution is -0.148. The van der Waals surface area contributed by atoms with E-state index in [1.807, 2.05) is 11.8 Å². The number of likely N-dealkylation sites (tertiary alicyclic amines) is 1. The Morgan fingerprint density at radius 3 is 2.33 bits per heavy atom. The van der Waals surface area contributed by atoms with Crippen molar-refractivity contribution in [2.45, 2.75) is 46.1 Å². The van der Waals surface area contributed by atoms with Crippen LogP contribution in [0, 0.1) is 19.8 Å². The number of rotatable bonds is 5. The van der Waals surface area contributed by atoms with E-state index in [1.54, 1.807) is 0 Å². The molecule has 2 rings (SSSR count). The normalized spacial score (nSPS) is 16.6. The molecule has 132 valence electrons. The van der Waals surface area contributed by atoms with Crippen LogP contribution < -0.4 is 5.32 Å². The highest BCUT2D eigenvalue weighted by Crippen LogP contribution is 2.20. The molecule has 0 spiro atoms. The van der Waals surface area contributed by atoms with Crippen LogP contribution in [0.2, 0.25) is 0 Å². The van der Waals surface area contributed by atoms with Crippen molar-refractivity contribution in [1.29, 1.82) is 0 Å². The van der Waals surface area contributed by atoms with Crippen LogP contribution >= 0.6 is 0 Å². The minimum Gasteiger partial charge on any atom is -0.469 e. The summed E-state index contributed by atoms with van der Waals surface area (Å²) in [6.07, 6.45) is 1.84. The average Bonchev–Trinajstić information content (AvgIpc) is 2.53. The Morgan fingerprint density at radius 2 is 1.79 bits per heavy atom. The number of ether oxygens (including phenoxy) is 1. The van der Waals surface area contributed by atoms with Gasteiger partial charge in [-0.3, -0.25) is 9.59 Å². The first-order valence-electron chi connectivity index (χ1n) is 8.59. The summed E-state index contributed by atoms with van der Waals surface area (Å²) < 4.78 is 4.78. The molecule has 0 aromatic heterocycles. The third-order valence-electron chi connectivity index (χ3n) is 4.50. The molecule has 0 bridgehead atoms. The van der Waals surface area contributed by atoms with E-state index in [1.165, 1.54) is 18.2 Å². The van der Waals surface area contributed by atoms with E-state index in [9.17, 15) is 9.59 Å². The van der Waals surface area contributed by atoms with Crippen molar-refractivity contribution in [3.8, 4) is 0 Å². The Morgan fingerprint density at radius 1 is 1.21 bits per heavy atom. The van der Waals surface area contributed by atoms with E-state index in [0.29, 0.717) is 32.4 Å². The number of hydrogen-bond donors (Lipinski definition) is 1. The summed E-state index contributed by atoms with van der Waals surface area (Å²) in [6.45, 7) is 7.43. The molecule has 24 heavy (non-hydrogen) atoms. The van der Waals surface area contributed by atoms with Gasteiger partial charge in [0.1, 0.15) is 0 Å². The maximum Gasteiger partial charge on any atom is 0.308 e. The average molecular weight is 332 g/mol. The van der Waals surface area contributed by atoms with Gasteiger partial charge in [-0.05, 0) is 56.9 Å². The maximum absolute atomic E-state index is 12.4. The third kappa shape index (κ3) is 4.98. The first-order chi connectivity index (χ1) is 11.4. The predicted octanol–water partition coefficient (Wildman–Crippen LogP) is 2.91. The molecule has 5 heteroatoms. The first kappa shape index (κ1) is 18.3. The number of methoxy groups -OCH3 is 1. The third-order valence-corrected chi connectivity index (χ3v) is 4.50. The van der Waals surface area contributed by atoms with Gasteiger partial charge in [-0.2, -0.15) is 0 Å². The number of esters is 1. The summed E-state index contributed by atoms with van der Waals surface area (Å²) >= 11 is 0. The molecule has 0 radical (unpaired) electrons. The Labute approximate surface area is 144 Å². The van der Waals surface area contributed by atoms with Gasteiger partial charge in [0.2, 0.25) is 5.91 Å². The van der Waals surface area contributed by atoms with Crippen LogP contribution in [-0.4, -0.2) is 43.0 Å². The summed E-state index contributed by atoms with van der Waals surface area (Å²) in [5, 5.41) is 3.41. The Balaban J connectivity index is 1.83. The standard InChI is InChI=1S/C19H28N2O3/c1-13-9-14(2)11-17(10-13)20-15(3)12-18(22)21-7-5-16(6-8-21)19(23)24-4/h9-11,15-16,20H,5-8,12H2,1-4H3. The van der Waals surface area contributed by atoms with Crippen LogP contribution in [0.1, 0.15) is 37.3 Å². The van der Waals surface area contributed by atoms with Crippen LogP contribution in [-0.2, 0) is 14.3 Å². The molecular weight excluding hydrogens is 304 g/mol. The van der Waals surface area contributed by atoms with Crippen LogP contribution in [0.25, 0.3) is 0 Å². The van der Waals surface area contributed by atoms with Crippen molar-refractivity contribution in [1.82, 2.24) is 4.90 Å². The Kier molecular flexibility index (Phi) is 6.23. The van der Waals surface area contributed by atoms with Crippen molar-refractivity contribution >= 4 is 17.6 Å². The van der Waals surface area contributed by atoms with Crippen molar-refractivity contribution in [2.75, 3.05) is 25.5 Å². The van der Waals surface area contributed by atoms with Crippen LogP contribution in [0.4, 0.5) is 5.69 Å². The number of benzene rings is 1. The number of amides is 1. The fourth-order valence-corrected chi connectivity index (χ4v) is 3.32. The monoisotopic (exact) mass is 332 g/mol. The first-order valence-corrected chi connectivity index (χ1v) is 8.59. The summed E-state index contributed by atoms with van der Waals surface area (Å²) in [6, 6.07) is 6.38. The van der Waals surface area contributed by atoms with Crippen molar-refractivity contribution < 1.29 is 14.3 Å². The molecule has 0 saturated carbocycles. The van der Waals surface area contributed by atoms with Gasteiger partial charge in [0.05, 0.1) is 13.0 Å². The highest BCUT2D eigenvalue weighted by molar-refractivity contribution is 5.78. The van der Waals surface area contributed by atoms with Crippen LogP contribution in [0.5, 0.6) is 0 Å². The van der Waals surface area contributed by atoms with Crippen molar-refractivity contribution in [3.63, 3.8) is 0 Å². The quantitative estimate of drug-likeness (QED) is 0.842. The highest BCUT2D eigenvalue weighted by Gasteiger charge is 2.28. The molecule has 1 aliphatic rings. The predicted molar refractivity (Wildman–Crippen MR) is 94.9 cm³/mol. The van der Waals surface area contributed by atoms with E-state index < -0.39 is 0 Å². The van der Waals surface area contributed by atoms with Crippen molar-refractivity contribution in [3.05, 3.63) is 29.3 Å². The molecule has 1 saturated heterocycles. The lowest BCUT2D eigenvalue weighted by atomic mass is 9.96. The molecule has 0 aliphatic carbocycles. The topological polar surface area (TPSA) is 58.6 Å². The summed E-state index contributed by atoms with van der Waals surface area (Å²) in [5.74, 6) is -0.0838. The van der Waals surface area contributed by atoms with Crippen LogP contribution in [0.3, 0.4) is 0 Å². The second kappa shape index (κ2) is 8.18. The van der Waals surface area contributed by atoms with E-state index in [2.05, 4.69) is 37.4 Å². The molecule has 1 atom stereocenters. The maximum atomic E-state index is 12.4. The van der Waals surface area contributed by atoms with Gasteiger partial charge in [-0.15, -0.1) is 0 Å². The van der Waals surface area contributed by atoms with Gasteiger partial charge in [-0.1, -0.05) is 6.07 Å². The number of anilines is 1. The zero-order chi connectivity index (χ0) is 17.7. The molecule has 1 amide bonds. The molecule has 5 nitrogen and oxygen atoms in total. The van der Waals surface area contributed by atoms with E-state index in [0.717, 1.165) is 5.69 Å². The van der Waals surface area contributed by atoms with Gasteiger partial charge < -0.3 is 15.0 Å². The highest BCUT2D eigenvalue weighted by atomic mass is 16.5. The van der Waals surface area contributed by atoms with E-state index >= 15 is 0 Å². The number of aryl methyl sites for hydroxylation is 2. The van der Waals surface area contributed by atoms with E-state index in [-0.39, 0.29) is 23.8 Å². The molecule has 1 N–H and O–H groups in total. The molecule has 1 heterocycles. The number of piperidine rings is 1. The summed E-state index contributed by atoms with van der Waals surface area (Å²) in [4.78, 5) is 25.9. The fourth-order valence-electron chi connectivity index (χ4n) is 3.32. The second-order valence-corrected chi connectivity index (χ2v) is 6.80.